The zero-order valence-corrected chi connectivity index (χ0v) is 15.7. The number of hydrogen-bond donors (Lipinski definition) is 2. The van der Waals surface area contributed by atoms with Crippen LogP contribution in [0, 0.1) is 13.8 Å². The molecule has 1 aromatic carbocycles. The first-order chi connectivity index (χ1) is 11.9. The fourth-order valence-corrected chi connectivity index (χ4v) is 2.75. The summed E-state index contributed by atoms with van der Waals surface area (Å²) in [6.45, 7) is 8.41. The van der Waals surface area contributed by atoms with Crippen molar-refractivity contribution in [3.63, 3.8) is 0 Å². The standard InChI is InChI=1S/C19H28N4O2/c1-13(11-18-15(3)22-23(5)16(18)4)21-19(24)20-12-14(2)25-17-9-7-6-8-10-17/h6-10,13-14H,11-12H2,1-5H3,(H2,20,21,24)/t13-,14+/m1/s1. The van der Waals surface area contributed by atoms with Crippen LogP contribution in [0.3, 0.4) is 0 Å². The molecule has 0 unspecified atom stereocenters. The highest BCUT2D eigenvalue weighted by molar-refractivity contribution is 5.74. The number of hydrogen-bond acceptors (Lipinski definition) is 3. The smallest absolute Gasteiger partial charge is 0.315 e. The summed E-state index contributed by atoms with van der Waals surface area (Å²) < 4.78 is 7.62. The highest BCUT2D eigenvalue weighted by Crippen LogP contribution is 2.14. The molecule has 136 valence electrons. The number of carbonyl (C=O) groups is 1. The Bertz CT molecular complexity index is 697. The van der Waals surface area contributed by atoms with Crippen molar-refractivity contribution in [1.29, 1.82) is 0 Å². The molecular formula is C19H28N4O2. The summed E-state index contributed by atoms with van der Waals surface area (Å²) in [7, 11) is 1.94. The van der Waals surface area contributed by atoms with E-state index in [1.165, 1.54) is 5.56 Å². The van der Waals surface area contributed by atoms with Gasteiger partial charge in [-0.25, -0.2) is 4.79 Å². The predicted molar refractivity (Wildman–Crippen MR) is 98.9 cm³/mol. The lowest BCUT2D eigenvalue weighted by Crippen LogP contribution is -2.44. The lowest BCUT2D eigenvalue weighted by Gasteiger charge is -2.18. The Hall–Kier alpha value is -2.50. The minimum atomic E-state index is -0.185. The topological polar surface area (TPSA) is 68.2 Å². The Balaban J connectivity index is 1.75. The van der Waals surface area contributed by atoms with Gasteiger partial charge in [0.2, 0.25) is 0 Å². The van der Waals surface area contributed by atoms with Crippen LogP contribution in [0.4, 0.5) is 4.79 Å². The molecule has 2 atom stereocenters. The number of carbonyl (C=O) groups excluding carboxylic acids is 1. The second kappa shape index (κ2) is 8.55. The van der Waals surface area contributed by atoms with Crippen LogP contribution in [0.15, 0.2) is 30.3 Å². The van der Waals surface area contributed by atoms with Gasteiger partial charge in [0, 0.05) is 18.8 Å². The minimum absolute atomic E-state index is 0.0203. The molecule has 0 radical (unpaired) electrons. The second-order valence-electron chi connectivity index (χ2n) is 6.47. The van der Waals surface area contributed by atoms with Gasteiger partial charge in [-0.2, -0.15) is 5.10 Å². The third-order valence-corrected chi connectivity index (χ3v) is 4.18. The third kappa shape index (κ3) is 5.52. The number of urea groups is 1. The van der Waals surface area contributed by atoms with E-state index < -0.39 is 0 Å². The lowest BCUT2D eigenvalue weighted by molar-refractivity contribution is 0.206. The second-order valence-corrected chi connectivity index (χ2v) is 6.47. The van der Waals surface area contributed by atoms with E-state index in [2.05, 4.69) is 15.7 Å². The number of ether oxygens (including phenoxy) is 1. The third-order valence-electron chi connectivity index (χ3n) is 4.18. The van der Waals surface area contributed by atoms with Gasteiger partial charge in [-0.3, -0.25) is 4.68 Å². The molecule has 25 heavy (non-hydrogen) atoms. The van der Waals surface area contributed by atoms with Gasteiger partial charge in [0.1, 0.15) is 11.9 Å². The van der Waals surface area contributed by atoms with Crippen molar-refractivity contribution in [3.8, 4) is 5.75 Å². The van der Waals surface area contributed by atoms with Crippen LogP contribution in [-0.4, -0.2) is 34.5 Å². The molecule has 0 spiro atoms. The van der Waals surface area contributed by atoms with Crippen LogP contribution in [0.5, 0.6) is 5.75 Å². The van der Waals surface area contributed by atoms with Gasteiger partial charge in [0.25, 0.3) is 0 Å². The summed E-state index contributed by atoms with van der Waals surface area (Å²) in [6.07, 6.45) is 0.654. The lowest BCUT2D eigenvalue weighted by atomic mass is 10.1. The maximum Gasteiger partial charge on any atom is 0.315 e. The van der Waals surface area contributed by atoms with Gasteiger partial charge in [0.15, 0.2) is 0 Å². The fourth-order valence-electron chi connectivity index (χ4n) is 2.75. The van der Waals surface area contributed by atoms with Gasteiger partial charge in [-0.15, -0.1) is 0 Å². The molecule has 0 bridgehead atoms. The van der Waals surface area contributed by atoms with Gasteiger partial charge in [0.05, 0.1) is 12.2 Å². The predicted octanol–water partition coefficient (Wildman–Crippen LogP) is 2.73. The Morgan fingerprint density at radius 3 is 2.52 bits per heavy atom. The number of nitrogens with zero attached hydrogens (tertiary/aromatic N) is 2. The van der Waals surface area contributed by atoms with Crippen molar-refractivity contribution in [3.05, 3.63) is 47.3 Å². The molecule has 0 aliphatic heterocycles. The zero-order chi connectivity index (χ0) is 18.4. The first kappa shape index (κ1) is 18.8. The highest BCUT2D eigenvalue weighted by Gasteiger charge is 2.15. The average Bonchev–Trinajstić information content (AvgIpc) is 2.80. The van der Waals surface area contributed by atoms with Crippen LogP contribution < -0.4 is 15.4 Å². The van der Waals surface area contributed by atoms with E-state index >= 15 is 0 Å². The van der Waals surface area contributed by atoms with Crippen LogP contribution >= 0.6 is 0 Å². The van der Waals surface area contributed by atoms with Crippen molar-refractivity contribution < 1.29 is 9.53 Å². The Morgan fingerprint density at radius 1 is 1.24 bits per heavy atom. The number of rotatable bonds is 7. The number of nitrogens with one attached hydrogen (secondary N) is 2. The molecule has 6 heteroatoms. The highest BCUT2D eigenvalue weighted by atomic mass is 16.5. The molecule has 2 N–H and O–H groups in total. The maximum absolute atomic E-state index is 12.1. The molecule has 0 fully saturated rings. The summed E-state index contributed by atoms with van der Waals surface area (Å²) in [5, 5.41) is 10.2. The number of aryl methyl sites for hydroxylation is 2. The van der Waals surface area contributed by atoms with Crippen molar-refractivity contribution >= 4 is 6.03 Å². The van der Waals surface area contributed by atoms with E-state index in [9.17, 15) is 4.79 Å². The SMILES string of the molecule is Cc1nn(C)c(C)c1C[C@@H](C)NC(=O)NC[C@H](C)Oc1ccccc1. The molecule has 1 heterocycles. The molecule has 0 saturated heterocycles. The summed E-state index contributed by atoms with van der Waals surface area (Å²) in [6, 6.07) is 9.42. The van der Waals surface area contributed by atoms with Gasteiger partial charge < -0.3 is 15.4 Å². The van der Waals surface area contributed by atoms with Crippen LogP contribution in [-0.2, 0) is 13.5 Å². The van der Waals surface area contributed by atoms with Crippen molar-refractivity contribution in [2.75, 3.05) is 6.54 Å². The van der Waals surface area contributed by atoms with E-state index in [0.717, 1.165) is 23.6 Å². The van der Waals surface area contributed by atoms with Crippen LogP contribution in [0.25, 0.3) is 0 Å². The monoisotopic (exact) mass is 344 g/mol. The molecule has 2 rings (SSSR count). The Labute approximate surface area is 149 Å². The summed E-state index contributed by atoms with van der Waals surface area (Å²) >= 11 is 0. The van der Waals surface area contributed by atoms with E-state index in [0.29, 0.717) is 6.54 Å². The maximum atomic E-state index is 12.1. The van der Waals surface area contributed by atoms with Crippen molar-refractivity contribution in [2.24, 2.45) is 7.05 Å². The summed E-state index contributed by atoms with van der Waals surface area (Å²) in [4.78, 5) is 12.1. The van der Waals surface area contributed by atoms with E-state index in [1.807, 2.05) is 69.8 Å². The van der Waals surface area contributed by atoms with Gasteiger partial charge in [-0.05, 0) is 51.8 Å². The Kier molecular flexibility index (Phi) is 6.44. The van der Waals surface area contributed by atoms with Crippen LogP contribution in [0.1, 0.15) is 30.8 Å². The fraction of sp³-hybridized carbons (Fsp3) is 0.474. The molecule has 0 saturated carbocycles. The number of amides is 2. The van der Waals surface area contributed by atoms with Crippen molar-refractivity contribution in [2.45, 2.75) is 46.3 Å². The van der Waals surface area contributed by atoms with E-state index in [4.69, 9.17) is 4.74 Å². The van der Waals surface area contributed by atoms with Crippen molar-refractivity contribution in [1.82, 2.24) is 20.4 Å². The number of para-hydroxylation sites is 1. The van der Waals surface area contributed by atoms with Gasteiger partial charge in [-0.1, -0.05) is 18.2 Å². The Morgan fingerprint density at radius 2 is 1.92 bits per heavy atom. The summed E-state index contributed by atoms with van der Waals surface area (Å²) in [5.41, 5.74) is 3.34. The average molecular weight is 344 g/mol. The first-order valence-electron chi connectivity index (χ1n) is 8.62. The minimum Gasteiger partial charge on any atom is -0.489 e. The molecule has 0 aliphatic carbocycles. The quantitative estimate of drug-likeness (QED) is 0.811. The van der Waals surface area contributed by atoms with E-state index in [1.54, 1.807) is 0 Å². The molecule has 2 aromatic rings. The number of benzene rings is 1. The number of aromatic nitrogens is 2. The van der Waals surface area contributed by atoms with Crippen LogP contribution in [0.2, 0.25) is 0 Å². The molecular weight excluding hydrogens is 316 g/mol. The van der Waals surface area contributed by atoms with E-state index in [-0.39, 0.29) is 18.2 Å². The largest absolute Gasteiger partial charge is 0.489 e. The normalized spacial score (nSPS) is 13.2. The van der Waals surface area contributed by atoms with Gasteiger partial charge >= 0.3 is 6.03 Å². The first-order valence-corrected chi connectivity index (χ1v) is 8.62. The molecule has 1 aromatic heterocycles. The zero-order valence-electron chi connectivity index (χ0n) is 15.7. The molecule has 6 nitrogen and oxygen atoms in total. The summed E-state index contributed by atoms with van der Waals surface area (Å²) in [5.74, 6) is 0.799. The molecule has 0 aliphatic rings. The molecule has 2 amide bonds.